The second-order valence-electron chi connectivity index (χ2n) is 4.36. The van der Waals surface area contributed by atoms with Crippen LogP contribution in [0.3, 0.4) is 0 Å². The minimum Gasteiger partial charge on any atom is -0.508 e. The lowest BCUT2D eigenvalue weighted by Crippen LogP contribution is -2.23. The standard InChI is InChI=1S/C14H17N3O2/c1-3-13-11(9-17(2)16-13)8-15-14(19)10-4-6-12(18)7-5-10/h4-7,9,18H,3,8H2,1-2H3,(H,15,19). The topological polar surface area (TPSA) is 67.2 Å². The molecular formula is C14H17N3O2. The van der Waals surface area contributed by atoms with Crippen molar-refractivity contribution in [3.05, 3.63) is 47.3 Å². The van der Waals surface area contributed by atoms with Crippen LogP contribution in [-0.2, 0) is 20.0 Å². The first-order valence-corrected chi connectivity index (χ1v) is 6.18. The number of rotatable bonds is 4. The molecule has 2 aromatic rings. The van der Waals surface area contributed by atoms with Crippen LogP contribution in [0.15, 0.2) is 30.5 Å². The molecular weight excluding hydrogens is 242 g/mol. The van der Waals surface area contributed by atoms with Crippen LogP contribution in [-0.4, -0.2) is 20.8 Å². The third-order valence-corrected chi connectivity index (χ3v) is 2.90. The number of amides is 1. The highest BCUT2D eigenvalue weighted by molar-refractivity contribution is 5.94. The lowest BCUT2D eigenvalue weighted by molar-refractivity contribution is 0.0951. The summed E-state index contributed by atoms with van der Waals surface area (Å²) in [4.78, 5) is 11.9. The molecule has 5 nitrogen and oxygen atoms in total. The van der Waals surface area contributed by atoms with Crippen molar-refractivity contribution >= 4 is 5.91 Å². The van der Waals surface area contributed by atoms with Crippen LogP contribution in [0, 0.1) is 0 Å². The molecule has 0 aliphatic carbocycles. The molecule has 0 aliphatic heterocycles. The molecule has 1 amide bonds. The zero-order chi connectivity index (χ0) is 13.8. The third kappa shape index (κ3) is 3.13. The maximum absolute atomic E-state index is 11.9. The molecule has 2 N–H and O–H groups in total. The van der Waals surface area contributed by atoms with E-state index in [2.05, 4.69) is 10.4 Å². The number of phenolic OH excluding ortho intramolecular Hbond substituents is 1. The number of phenols is 1. The van der Waals surface area contributed by atoms with Gasteiger partial charge in [-0.3, -0.25) is 9.48 Å². The summed E-state index contributed by atoms with van der Waals surface area (Å²) in [5, 5.41) is 16.3. The molecule has 5 heteroatoms. The average molecular weight is 259 g/mol. The number of carbonyl (C=O) groups is 1. The molecule has 0 spiro atoms. The highest BCUT2D eigenvalue weighted by Crippen LogP contribution is 2.10. The average Bonchev–Trinajstić information content (AvgIpc) is 2.77. The smallest absolute Gasteiger partial charge is 0.251 e. The predicted molar refractivity (Wildman–Crippen MR) is 71.9 cm³/mol. The number of aromatic hydroxyl groups is 1. The van der Waals surface area contributed by atoms with E-state index in [1.807, 2.05) is 20.2 Å². The van der Waals surface area contributed by atoms with Gasteiger partial charge >= 0.3 is 0 Å². The van der Waals surface area contributed by atoms with E-state index in [0.29, 0.717) is 12.1 Å². The Bertz CT molecular complexity index is 573. The van der Waals surface area contributed by atoms with E-state index in [0.717, 1.165) is 17.7 Å². The van der Waals surface area contributed by atoms with Crippen LogP contribution < -0.4 is 5.32 Å². The molecule has 1 heterocycles. The maximum Gasteiger partial charge on any atom is 0.251 e. The third-order valence-electron chi connectivity index (χ3n) is 2.90. The Kier molecular flexibility index (Phi) is 3.85. The van der Waals surface area contributed by atoms with E-state index in [1.165, 1.54) is 12.1 Å². The van der Waals surface area contributed by atoms with E-state index in [-0.39, 0.29) is 11.7 Å². The summed E-state index contributed by atoms with van der Waals surface area (Å²) in [5.74, 6) is -0.0111. The molecule has 2 rings (SSSR count). The first-order valence-electron chi connectivity index (χ1n) is 6.18. The molecule has 1 aromatic carbocycles. The van der Waals surface area contributed by atoms with Gasteiger partial charge in [-0.15, -0.1) is 0 Å². The van der Waals surface area contributed by atoms with Crippen LogP contribution >= 0.6 is 0 Å². The Labute approximate surface area is 111 Å². The lowest BCUT2D eigenvalue weighted by atomic mass is 10.2. The largest absolute Gasteiger partial charge is 0.508 e. The molecule has 19 heavy (non-hydrogen) atoms. The fraction of sp³-hybridized carbons (Fsp3) is 0.286. The Morgan fingerprint density at radius 2 is 2.05 bits per heavy atom. The van der Waals surface area contributed by atoms with Crippen molar-refractivity contribution in [2.24, 2.45) is 7.05 Å². The molecule has 0 radical (unpaired) electrons. The Balaban J connectivity index is 2.02. The second kappa shape index (κ2) is 5.56. The van der Waals surface area contributed by atoms with E-state index >= 15 is 0 Å². The molecule has 0 aliphatic rings. The summed E-state index contributed by atoms with van der Waals surface area (Å²) in [6, 6.07) is 6.18. The Morgan fingerprint density at radius 1 is 1.37 bits per heavy atom. The Morgan fingerprint density at radius 3 is 2.68 bits per heavy atom. The number of nitrogens with one attached hydrogen (secondary N) is 1. The van der Waals surface area contributed by atoms with Gasteiger partial charge in [-0.1, -0.05) is 6.92 Å². The van der Waals surface area contributed by atoms with Gasteiger partial charge in [0.25, 0.3) is 5.91 Å². The summed E-state index contributed by atoms with van der Waals surface area (Å²) in [7, 11) is 1.87. The molecule has 100 valence electrons. The van der Waals surface area contributed by atoms with Gasteiger partial charge in [0.1, 0.15) is 5.75 Å². The predicted octanol–water partition coefficient (Wildman–Crippen LogP) is 1.62. The van der Waals surface area contributed by atoms with Gasteiger partial charge < -0.3 is 10.4 Å². The van der Waals surface area contributed by atoms with Crippen LogP contribution in [0.4, 0.5) is 0 Å². The molecule has 0 unspecified atom stereocenters. The quantitative estimate of drug-likeness (QED) is 0.876. The van der Waals surface area contributed by atoms with Crippen molar-refractivity contribution in [2.75, 3.05) is 0 Å². The molecule has 0 fully saturated rings. The van der Waals surface area contributed by atoms with Crippen molar-refractivity contribution in [2.45, 2.75) is 19.9 Å². The molecule has 0 saturated carbocycles. The second-order valence-corrected chi connectivity index (χ2v) is 4.36. The van der Waals surface area contributed by atoms with Gasteiger partial charge in [-0.2, -0.15) is 5.10 Å². The highest BCUT2D eigenvalue weighted by Gasteiger charge is 2.09. The summed E-state index contributed by atoms with van der Waals surface area (Å²) >= 11 is 0. The van der Waals surface area contributed by atoms with Crippen LogP contribution in [0.1, 0.15) is 28.5 Å². The molecule has 0 saturated heterocycles. The summed E-state index contributed by atoms with van der Waals surface area (Å²) in [6.07, 6.45) is 2.75. The van der Waals surface area contributed by atoms with Crippen molar-refractivity contribution in [1.29, 1.82) is 0 Å². The SMILES string of the molecule is CCc1nn(C)cc1CNC(=O)c1ccc(O)cc1. The number of benzene rings is 1. The molecule has 0 bridgehead atoms. The van der Waals surface area contributed by atoms with E-state index in [1.54, 1.807) is 16.8 Å². The number of hydrogen-bond acceptors (Lipinski definition) is 3. The van der Waals surface area contributed by atoms with Crippen molar-refractivity contribution in [3.63, 3.8) is 0 Å². The zero-order valence-electron chi connectivity index (χ0n) is 11.1. The van der Waals surface area contributed by atoms with Crippen molar-refractivity contribution < 1.29 is 9.90 Å². The van der Waals surface area contributed by atoms with Crippen LogP contribution in [0.2, 0.25) is 0 Å². The van der Waals surface area contributed by atoms with Crippen molar-refractivity contribution in [1.82, 2.24) is 15.1 Å². The zero-order valence-corrected chi connectivity index (χ0v) is 11.1. The Hall–Kier alpha value is -2.30. The molecule has 1 aromatic heterocycles. The monoisotopic (exact) mass is 259 g/mol. The van der Waals surface area contributed by atoms with E-state index in [9.17, 15) is 9.90 Å². The fourth-order valence-corrected chi connectivity index (χ4v) is 1.92. The first-order chi connectivity index (χ1) is 9.10. The minimum absolute atomic E-state index is 0.150. The van der Waals surface area contributed by atoms with Gasteiger partial charge in [-0.25, -0.2) is 0 Å². The number of aryl methyl sites for hydroxylation is 2. The number of nitrogens with zero attached hydrogens (tertiary/aromatic N) is 2. The lowest BCUT2D eigenvalue weighted by Gasteiger charge is -2.05. The van der Waals surface area contributed by atoms with Gasteiger partial charge in [0, 0.05) is 30.9 Å². The van der Waals surface area contributed by atoms with E-state index in [4.69, 9.17) is 0 Å². The summed E-state index contributed by atoms with van der Waals surface area (Å²) < 4.78 is 1.75. The fourth-order valence-electron chi connectivity index (χ4n) is 1.92. The number of carbonyl (C=O) groups excluding carboxylic acids is 1. The molecule has 0 atom stereocenters. The van der Waals surface area contributed by atoms with Crippen LogP contribution in [0.5, 0.6) is 5.75 Å². The van der Waals surface area contributed by atoms with Crippen LogP contribution in [0.25, 0.3) is 0 Å². The minimum atomic E-state index is -0.161. The summed E-state index contributed by atoms with van der Waals surface area (Å²) in [6.45, 7) is 2.49. The van der Waals surface area contributed by atoms with Gasteiger partial charge in [-0.05, 0) is 30.7 Å². The van der Waals surface area contributed by atoms with Gasteiger partial charge in [0.2, 0.25) is 0 Å². The normalized spacial score (nSPS) is 10.4. The van der Waals surface area contributed by atoms with Gasteiger partial charge in [0.05, 0.1) is 5.69 Å². The number of hydrogen-bond donors (Lipinski definition) is 2. The number of aromatic nitrogens is 2. The highest BCUT2D eigenvalue weighted by atomic mass is 16.3. The van der Waals surface area contributed by atoms with E-state index < -0.39 is 0 Å². The summed E-state index contributed by atoms with van der Waals surface area (Å²) in [5.41, 5.74) is 2.55. The van der Waals surface area contributed by atoms with Gasteiger partial charge in [0.15, 0.2) is 0 Å². The maximum atomic E-state index is 11.9. The van der Waals surface area contributed by atoms with Crippen molar-refractivity contribution in [3.8, 4) is 5.75 Å². The first kappa shape index (κ1) is 13.1.